The molecule has 0 bridgehead atoms. The standard InChI is InChI=1S/C5H8OS/c1-3-4(2)5(6)7/h3-4H,1H2,2H3,(H,6,7). The van der Waals surface area contributed by atoms with Crippen LogP contribution >= 0.6 is 12.6 Å². The van der Waals surface area contributed by atoms with E-state index in [-0.39, 0.29) is 11.0 Å². The molecule has 0 fully saturated rings. The molecule has 0 heterocycles. The van der Waals surface area contributed by atoms with Crippen molar-refractivity contribution in [1.29, 1.82) is 0 Å². The Morgan fingerprint density at radius 3 is 2.43 bits per heavy atom. The van der Waals surface area contributed by atoms with Gasteiger partial charge in [-0.3, -0.25) is 4.79 Å². The van der Waals surface area contributed by atoms with Gasteiger partial charge in [0.1, 0.15) is 0 Å². The lowest BCUT2D eigenvalue weighted by Crippen LogP contribution is -1.97. The molecule has 0 aliphatic heterocycles. The molecule has 1 unspecified atom stereocenters. The van der Waals surface area contributed by atoms with Gasteiger partial charge in [0.25, 0.3) is 0 Å². The summed E-state index contributed by atoms with van der Waals surface area (Å²) in [6.07, 6.45) is 1.56. The van der Waals surface area contributed by atoms with Crippen molar-refractivity contribution < 1.29 is 4.79 Å². The highest BCUT2D eigenvalue weighted by Gasteiger charge is 1.99. The van der Waals surface area contributed by atoms with Gasteiger partial charge in [-0.05, 0) is 0 Å². The summed E-state index contributed by atoms with van der Waals surface area (Å²) >= 11 is 3.56. The van der Waals surface area contributed by atoms with E-state index in [0.717, 1.165) is 0 Å². The number of rotatable bonds is 2. The van der Waals surface area contributed by atoms with Gasteiger partial charge in [0, 0.05) is 5.92 Å². The van der Waals surface area contributed by atoms with Gasteiger partial charge in [-0.2, -0.15) is 0 Å². The normalized spacial score (nSPS) is 12.9. The fraction of sp³-hybridized carbons (Fsp3) is 0.400. The van der Waals surface area contributed by atoms with Crippen LogP contribution in [0.2, 0.25) is 0 Å². The van der Waals surface area contributed by atoms with E-state index in [1.807, 2.05) is 0 Å². The average Bonchev–Trinajstić information content (AvgIpc) is 1.65. The number of hydrogen-bond acceptors (Lipinski definition) is 1. The first-order valence-electron chi connectivity index (χ1n) is 2.04. The molecule has 7 heavy (non-hydrogen) atoms. The molecule has 0 aromatic carbocycles. The van der Waals surface area contributed by atoms with Crippen molar-refractivity contribution in [2.75, 3.05) is 0 Å². The van der Waals surface area contributed by atoms with Crippen LogP contribution in [0, 0.1) is 5.92 Å². The largest absolute Gasteiger partial charge is 0.287 e. The second-order valence-corrected chi connectivity index (χ2v) is 1.80. The zero-order valence-corrected chi connectivity index (χ0v) is 5.11. The molecule has 2 heteroatoms. The van der Waals surface area contributed by atoms with Gasteiger partial charge < -0.3 is 0 Å². The number of carbonyl (C=O) groups is 1. The first-order valence-corrected chi connectivity index (χ1v) is 2.48. The topological polar surface area (TPSA) is 17.1 Å². The van der Waals surface area contributed by atoms with Crippen molar-refractivity contribution in [1.82, 2.24) is 0 Å². The summed E-state index contributed by atoms with van der Waals surface area (Å²) in [4.78, 5) is 10.2. The van der Waals surface area contributed by atoms with Crippen LogP contribution in [-0.2, 0) is 4.79 Å². The molecular formula is C5H8OS. The Kier molecular flexibility index (Phi) is 2.76. The molecule has 0 rings (SSSR count). The van der Waals surface area contributed by atoms with Gasteiger partial charge in [0.15, 0.2) is 5.12 Å². The van der Waals surface area contributed by atoms with Gasteiger partial charge in [0.05, 0.1) is 0 Å². The molecule has 1 nitrogen and oxygen atoms in total. The highest BCUT2D eigenvalue weighted by molar-refractivity contribution is 7.96. The van der Waals surface area contributed by atoms with E-state index < -0.39 is 0 Å². The molecule has 0 amide bonds. The Bertz CT molecular complexity index is 88.1. The fourth-order valence-corrected chi connectivity index (χ4v) is 0.206. The zero-order valence-electron chi connectivity index (χ0n) is 4.22. The number of allylic oxidation sites excluding steroid dienone is 1. The minimum atomic E-state index is -0.130. The van der Waals surface area contributed by atoms with Crippen LogP contribution in [0.4, 0.5) is 0 Å². The molecule has 0 saturated heterocycles. The van der Waals surface area contributed by atoms with E-state index in [1.165, 1.54) is 0 Å². The van der Waals surface area contributed by atoms with Crippen molar-refractivity contribution in [2.24, 2.45) is 5.92 Å². The van der Waals surface area contributed by atoms with Gasteiger partial charge in [-0.15, -0.1) is 19.2 Å². The third kappa shape index (κ3) is 2.45. The first kappa shape index (κ1) is 6.76. The van der Waals surface area contributed by atoms with E-state index in [9.17, 15) is 4.79 Å². The summed E-state index contributed by atoms with van der Waals surface area (Å²) in [7, 11) is 0. The summed E-state index contributed by atoms with van der Waals surface area (Å²) in [6.45, 7) is 5.16. The lowest BCUT2D eigenvalue weighted by molar-refractivity contribution is -0.112. The quantitative estimate of drug-likeness (QED) is 0.424. The van der Waals surface area contributed by atoms with Crippen LogP contribution in [0.25, 0.3) is 0 Å². The molecule has 0 N–H and O–H groups in total. The van der Waals surface area contributed by atoms with Gasteiger partial charge in [0.2, 0.25) is 0 Å². The second-order valence-electron chi connectivity index (χ2n) is 1.36. The molecule has 40 valence electrons. The van der Waals surface area contributed by atoms with E-state index in [2.05, 4.69) is 19.2 Å². The van der Waals surface area contributed by atoms with Crippen LogP contribution in [0.1, 0.15) is 6.92 Å². The molecule has 0 spiro atoms. The Balaban J connectivity index is 3.55. The SMILES string of the molecule is C=CC(C)C(=O)S. The number of carbonyl (C=O) groups excluding carboxylic acids is 1. The zero-order chi connectivity index (χ0) is 5.86. The highest BCUT2D eigenvalue weighted by atomic mass is 32.1. The lowest BCUT2D eigenvalue weighted by atomic mass is 10.2. The van der Waals surface area contributed by atoms with Crippen molar-refractivity contribution >= 4 is 17.7 Å². The lowest BCUT2D eigenvalue weighted by Gasteiger charge is -1.92. The molecule has 0 saturated carbocycles. The first-order chi connectivity index (χ1) is 3.18. The maximum absolute atomic E-state index is 10.2. The van der Waals surface area contributed by atoms with Gasteiger partial charge in [-0.25, -0.2) is 0 Å². The number of hydrogen-bond donors (Lipinski definition) is 1. The van der Waals surface area contributed by atoms with Crippen LogP contribution < -0.4 is 0 Å². The summed E-state index contributed by atoms with van der Waals surface area (Å²) in [5.74, 6) is -0.108. The van der Waals surface area contributed by atoms with Crippen molar-refractivity contribution in [3.63, 3.8) is 0 Å². The number of thiol groups is 1. The van der Waals surface area contributed by atoms with Crippen molar-refractivity contribution in [3.8, 4) is 0 Å². The second kappa shape index (κ2) is 2.86. The Morgan fingerprint density at radius 1 is 2.00 bits per heavy atom. The van der Waals surface area contributed by atoms with E-state index in [4.69, 9.17) is 0 Å². The third-order valence-corrected chi connectivity index (χ3v) is 1.15. The summed E-state index contributed by atoms with van der Waals surface area (Å²) in [6, 6.07) is 0. The molecule has 0 aliphatic carbocycles. The minimum absolute atomic E-state index is 0.108. The smallest absolute Gasteiger partial charge is 0.192 e. The maximum Gasteiger partial charge on any atom is 0.192 e. The maximum atomic E-state index is 10.2. The molecule has 0 radical (unpaired) electrons. The Labute approximate surface area is 48.8 Å². The summed E-state index contributed by atoms with van der Waals surface area (Å²) in [5, 5.41) is -0.130. The highest BCUT2D eigenvalue weighted by Crippen LogP contribution is 1.98. The Hall–Kier alpha value is -0.240. The van der Waals surface area contributed by atoms with Crippen LogP contribution in [0.3, 0.4) is 0 Å². The Morgan fingerprint density at radius 2 is 2.43 bits per heavy atom. The van der Waals surface area contributed by atoms with E-state index in [0.29, 0.717) is 0 Å². The third-order valence-electron chi connectivity index (χ3n) is 0.743. The molecular weight excluding hydrogens is 108 g/mol. The van der Waals surface area contributed by atoms with E-state index >= 15 is 0 Å². The molecule has 0 aliphatic rings. The van der Waals surface area contributed by atoms with Crippen molar-refractivity contribution in [2.45, 2.75) is 6.92 Å². The predicted octanol–water partition coefficient (Wildman–Crippen LogP) is 1.26. The predicted molar refractivity (Wildman–Crippen MR) is 33.4 cm³/mol. The van der Waals surface area contributed by atoms with Gasteiger partial charge >= 0.3 is 0 Å². The van der Waals surface area contributed by atoms with Crippen LogP contribution in [0.5, 0.6) is 0 Å². The van der Waals surface area contributed by atoms with Crippen molar-refractivity contribution in [3.05, 3.63) is 12.7 Å². The van der Waals surface area contributed by atoms with E-state index in [1.54, 1.807) is 13.0 Å². The monoisotopic (exact) mass is 116 g/mol. The fourth-order valence-electron chi connectivity index (χ4n) is 0.101. The average molecular weight is 116 g/mol. The summed E-state index contributed by atoms with van der Waals surface area (Å²) < 4.78 is 0. The van der Waals surface area contributed by atoms with Crippen LogP contribution in [-0.4, -0.2) is 5.12 Å². The molecule has 0 aromatic heterocycles. The van der Waals surface area contributed by atoms with Gasteiger partial charge in [-0.1, -0.05) is 13.0 Å². The summed E-state index contributed by atoms with van der Waals surface area (Å²) in [5.41, 5.74) is 0. The molecule has 1 atom stereocenters. The minimum Gasteiger partial charge on any atom is -0.287 e. The molecule has 0 aromatic rings. The van der Waals surface area contributed by atoms with Crippen LogP contribution in [0.15, 0.2) is 12.7 Å².